The summed E-state index contributed by atoms with van der Waals surface area (Å²) in [6.07, 6.45) is 3.29. The number of hydrogen-bond acceptors (Lipinski definition) is 7. The van der Waals surface area contributed by atoms with Gasteiger partial charge in [-0.25, -0.2) is 25.0 Å². The van der Waals surface area contributed by atoms with Crippen LogP contribution in [-0.2, 0) is 4.84 Å². The lowest BCUT2D eigenvalue weighted by molar-refractivity contribution is 0.0731. The average molecular weight is 425 g/mol. The standard InChI is InChI=1S/C21H21ClN6O2/c1-14-12-19(26-15(2)25-14)28-9-8-27(10-11-30-28)21(29)18-13-16(22)4-5-17(18)20-23-6-3-7-24-20/h3-7,12-13H,8-11H2,1-2H3. The van der Waals surface area contributed by atoms with E-state index < -0.39 is 0 Å². The number of hydroxylamine groups is 1. The van der Waals surface area contributed by atoms with Crippen molar-refractivity contribution in [3.63, 3.8) is 0 Å². The summed E-state index contributed by atoms with van der Waals surface area (Å²) in [4.78, 5) is 38.3. The lowest BCUT2D eigenvalue weighted by Gasteiger charge is -2.22. The number of carbonyl (C=O) groups excluding carboxylic acids is 1. The molecule has 30 heavy (non-hydrogen) atoms. The van der Waals surface area contributed by atoms with Crippen LogP contribution in [0.4, 0.5) is 5.82 Å². The first-order chi connectivity index (χ1) is 14.5. The molecule has 1 aromatic carbocycles. The number of nitrogens with zero attached hydrogens (tertiary/aromatic N) is 6. The largest absolute Gasteiger partial charge is 0.334 e. The predicted molar refractivity (Wildman–Crippen MR) is 113 cm³/mol. The molecule has 0 N–H and O–H groups in total. The molecule has 1 saturated heterocycles. The summed E-state index contributed by atoms with van der Waals surface area (Å²) in [7, 11) is 0. The van der Waals surface area contributed by atoms with E-state index in [1.807, 2.05) is 19.9 Å². The number of aromatic nitrogens is 4. The van der Waals surface area contributed by atoms with Crippen molar-refractivity contribution < 1.29 is 9.63 Å². The molecule has 1 fully saturated rings. The SMILES string of the molecule is Cc1cc(N2CCN(C(=O)c3cc(Cl)ccc3-c3ncccn3)CCO2)nc(C)n1. The van der Waals surface area contributed by atoms with Gasteiger partial charge in [-0.2, -0.15) is 0 Å². The average Bonchev–Trinajstić information content (AvgIpc) is 2.99. The summed E-state index contributed by atoms with van der Waals surface area (Å²) in [5.74, 6) is 1.71. The third-order valence-electron chi connectivity index (χ3n) is 4.70. The van der Waals surface area contributed by atoms with Gasteiger partial charge in [-0.1, -0.05) is 11.6 Å². The van der Waals surface area contributed by atoms with Crippen LogP contribution in [0.15, 0.2) is 42.7 Å². The highest BCUT2D eigenvalue weighted by Gasteiger charge is 2.25. The quantitative estimate of drug-likeness (QED) is 0.638. The molecule has 1 aliphatic rings. The molecule has 4 rings (SSSR count). The van der Waals surface area contributed by atoms with Crippen molar-refractivity contribution in [2.45, 2.75) is 13.8 Å². The number of benzene rings is 1. The molecule has 3 heterocycles. The summed E-state index contributed by atoms with van der Waals surface area (Å²) < 4.78 is 0. The minimum atomic E-state index is -0.138. The molecule has 0 unspecified atom stereocenters. The Morgan fingerprint density at radius 1 is 1.07 bits per heavy atom. The van der Waals surface area contributed by atoms with Crippen LogP contribution in [0.1, 0.15) is 21.9 Å². The van der Waals surface area contributed by atoms with Gasteiger partial charge in [-0.15, -0.1) is 0 Å². The molecular weight excluding hydrogens is 404 g/mol. The number of amides is 1. The number of anilines is 1. The molecule has 0 radical (unpaired) electrons. The fourth-order valence-corrected chi connectivity index (χ4v) is 3.53. The minimum Gasteiger partial charge on any atom is -0.334 e. The van der Waals surface area contributed by atoms with Crippen LogP contribution < -0.4 is 5.06 Å². The Hall–Kier alpha value is -3.10. The topological polar surface area (TPSA) is 84.3 Å². The molecule has 0 aliphatic carbocycles. The summed E-state index contributed by atoms with van der Waals surface area (Å²) in [6.45, 7) is 5.52. The number of halogens is 1. The zero-order chi connectivity index (χ0) is 21.1. The number of rotatable bonds is 3. The zero-order valence-corrected chi connectivity index (χ0v) is 17.5. The predicted octanol–water partition coefficient (Wildman–Crippen LogP) is 3.10. The van der Waals surface area contributed by atoms with Gasteiger partial charge in [0.25, 0.3) is 5.91 Å². The summed E-state index contributed by atoms with van der Waals surface area (Å²) >= 11 is 6.19. The number of carbonyl (C=O) groups is 1. The number of hydrogen-bond donors (Lipinski definition) is 0. The van der Waals surface area contributed by atoms with E-state index in [0.29, 0.717) is 59.9 Å². The molecule has 3 aromatic rings. The highest BCUT2D eigenvalue weighted by molar-refractivity contribution is 6.31. The maximum Gasteiger partial charge on any atom is 0.254 e. The zero-order valence-electron chi connectivity index (χ0n) is 16.7. The monoisotopic (exact) mass is 424 g/mol. The first-order valence-corrected chi connectivity index (χ1v) is 9.98. The lowest BCUT2D eigenvalue weighted by Crippen LogP contribution is -2.36. The Morgan fingerprint density at radius 2 is 1.87 bits per heavy atom. The Bertz CT molecular complexity index is 1040. The maximum absolute atomic E-state index is 13.4. The van der Waals surface area contributed by atoms with Crippen molar-refractivity contribution in [1.82, 2.24) is 24.8 Å². The molecule has 0 spiro atoms. The van der Waals surface area contributed by atoms with Gasteiger partial charge < -0.3 is 4.90 Å². The van der Waals surface area contributed by atoms with Crippen molar-refractivity contribution >= 4 is 23.3 Å². The van der Waals surface area contributed by atoms with Crippen LogP contribution in [0.25, 0.3) is 11.4 Å². The van der Waals surface area contributed by atoms with Crippen molar-refractivity contribution in [1.29, 1.82) is 0 Å². The normalized spacial score (nSPS) is 14.5. The Balaban J connectivity index is 1.57. The van der Waals surface area contributed by atoms with Crippen molar-refractivity contribution in [3.05, 3.63) is 64.8 Å². The van der Waals surface area contributed by atoms with Gasteiger partial charge in [0.2, 0.25) is 0 Å². The van der Waals surface area contributed by atoms with Crippen LogP contribution in [0, 0.1) is 13.8 Å². The third kappa shape index (κ3) is 4.39. The van der Waals surface area contributed by atoms with Gasteiger partial charge in [0.15, 0.2) is 11.6 Å². The van der Waals surface area contributed by atoms with Crippen molar-refractivity contribution in [3.8, 4) is 11.4 Å². The van der Waals surface area contributed by atoms with Gasteiger partial charge in [-0.3, -0.25) is 9.63 Å². The second-order valence-corrected chi connectivity index (χ2v) is 7.34. The second kappa shape index (κ2) is 8.73. The fourth-order valence-electron chi connectivity index (χ4n) is 3.35. The summed E-state index contributed by atoms with van der Waals surface area (Å²) in [6, 6.07) is 8.77. The molecule has 1 aliphatic heterocycles. The van der Waals surface area contributed by atoms with Gasteiger partial charge in [-0.05, 0) is 38.1 Å². The fraction of sp³-hybridized carbons (Fsp3) is 0.286. The van der Waals surface area contributed by atoms with Gasteiger partial charge in [0, 0.05) is 47.8 Å². The highest BCUT2D eigenvalue weighted by Crippen LogP contribution is 2.25. The Kier molecular flexibility index (Phi) is 5.87. The van der Waals surface area contributed by atoms with E-state index >= 15 is 0 Å². The van der Waals surface area contributed by atoms with E-state index in [4.69, 9.17) is 16.4 Å². The van der Waals surface area contributed by atoms with Gasteiger partial charge in [0.1, 0.15) is 5.82 Å². The molecule has 1 amide bonds. The molecule has 9 heteroatoms. The highest BCUT2D eigenvalue weighted by atomic mass is 35.5. The van der Waals surface area contributed by atoms with E-state index in [1.54, 1.807) is 46.6 Å². The third-order valence-corrected chi connectivity index (χ3v) is 4.93. The van der Waals surface area contributed by atoms with E-state index in [-0.39, 0.29) is 5.91 Å². The second-order valence-electron chi connectivity index (χ2n) is 6.90. The van der Waals surface area contributed by atoms with Crippen LogP contribution in [0.5, 0.6) is 0 Å². The molecule has 0 bridgehead atoms. The first-order valence-electron chi connectivity index (χ1n) is 9.60. The molecular formula is C21H21ClN6O2. The van der Waals surface area contributed by atoms with E-state index in [2.05, 4.69) is 19.9 Å². The number of aryl methyl sites for hydroxylation is 2. The first kappa shape index (κ1) is 20.2. The molecule has 0 saturated carbocycles. The Labute approximate surface area is 179 Å². The van der Waals surface area contributed by atoms with Crippen LogP contribution in [0.2, 0.25) is 5.02 Å². The van der Waals surface area contributed by atoms with Gasteiger partial charge in [0.05, 0.1) is 18.7 Å². The van der Waals surface area contributed by atoms with Crippen LogP contribution in [0.3, 0.4) is 0 Å². The smallest absolute Gasteiger partial charge is 0.254 e. The van der Waals surface area contributed by atoms with E-state index in [1.165, 1.54) is 0 Å². The lowest BCUT2D eigenvalue weighted by atomic mass is 10.1. The molecule has 0 atom stereocenters. The van der Waals surface area contributed by atoms with Crippen LogP contribution in [-0.4, -0.2) is 57.0 Å². The van der Waals surface area contributed by atoms with E-state index in [9.17, 15) is 4.79 Å². The Morgan fingerprint density at radius 3 is 2.63 bits per heavy atom. The maximum atomic E-state index is 13.4. The summed E-state index contributed by atoms with van der Waals surface area (Å²) in [5, 5.41) is 2.20. The molecule has 8 nitrogen and oxygen atoms in total. The summed E-state index contributed by atoms with van der Waals surface area (Å²) in [5.41, 5.74) is 1.98. The minimum absolute atomic E-state index is 0.138. The molecule has 154 valence electrons. The van der Waals surface area contributed by atoms with Crippen LogP contribution >= 0.6 is 11.6 Å². The molecule has 2 aromatic heterocycles. The van der Waals surface area contributed by atoms with Crippen molar-refractivity contribution in [2.24, 2.45) is 0 Å². The van der Waals surface area contributed by atoms with E-state index in [0.717, 1.165) is 5.69 Å². The van der Waals surface area contributed by atoms with Gasteiger partial charge >= 0.3 is 0 Å². The van der Waals surface area contributed by atoms with Crippen molar-refractivity contribution in [2.75, 3.05) is 31.3 Å².